The lowest BCUT2D eigenvalue weighted by Gasteiger charge is -2.30. The zero-order valence-corrected chi connectivity index (χ0v) is 42.7. The molecule has 0 aliphatic heterocycles. The van der Waals surface area contributed by atoms with E-state index in [1.165, 1.54) is 65.2 Å². The van der Waals surface area contributed by atoms with E-state index in [1.54, 1.807) is 0 Å². The third kappa shape index (κ3) is 7.61. The summed E-state index contributed by atoms with van der Waals surface area (Å²) < 4.78 is 4.75. The molecule has 0 saturated carbocycles. The van der Waals surface area contributed by atoms with Gasteiger partial charge in [0, 0.05) is 66.4 Å². The van der Waals surface area contributed by atoms with Gasteiger partial charge in [0.1, 0.15) is 0 Å². The monoisotopic (exact) mass is 994 g/mol. The summed E-state index contributed by atoms with van der Waals surface area (Å²) in [5.74, 6) is 0. The Morgan fingerprint density at radius 1 is 0.205 bits per heavy atom. The summed E-state index contributed by atoms with van der Waals surface area (Å²) in [6, 6.07) is 110. The van der Waals surface area contributed by atoms with Crippen molar-refractivity contribution in [1.82, 2.24) is 9.13 Å². The minimum atomic E-state index is 1.05. The highest BCUT2D eigenvalue weighted by Gasteiger charge is 2.21. The van der Waals surface area contributed by atoms with Crippen LogP contribution in [0.2, 0.25) is 0 Å². The highest BCUT2D eigenvalue weighted by atomic mass is 15.2. The molecule has 0 saturated heterocycles. The van der Waals surface area contributed by atoms with E-state index in [-0.39, 0.29) is 0 Å². The minimum Gasteiger partial charge on any atom is -0.310 e. The maximum absolute atomic E-state index is 2.41. The first-order valence-corrected chi connectivity index (χ1v) is 26.7. The van der Waals surface area contributed by atoms with E-state index in [0.717, 1.165) is 67.8 Å². The average molecular weight is 995 g/mol. The second-order valence-electron chi connectivity index (χ2n) is 20.1. The highest BCUT2D eigenvalue weighted by molar-refractivity contribution is 6.10. The predicted octanol–water partition coefficient (Wildman–Crippen LogP) is 20.5. The maximum atomic E-state index is 2.41. The van der Waals surface area contributed by atoms with Gasteiger partial charge < -0.3 is 18.9 Å². The summed E-state index contributed by atoms with van der Waals surface area (Å²) in [5, 5.41) is 9.79. The first kappa shape index (κ1) is 45.0. The van der Waals surface area contributed by atoms with Gasteiger partial charge in [-0.25, -0.2) is 0 Å². The molecule has 2 heterocycles. The fourth-order valence-corrected chi connectivity index (χ4v) is 12.0. The van der Waals surface area contributed by atoms with Crippen LogP contribution in [0.5, 0.6) is 0 Å². The van der Waals surface area contributed by atoms with Crippen LogP contribution in [0.3, 0.4) is 0 Å². The molecule has 4 nitrogen and oxygen atoms in total. The van der Waals surface area contributed by atoms with Gasteiger partial charge in [-0.2, -0.15) is 0 Å². The molecule has 13 aromatic carbocycles. The Labute approximate surface area is 452 Å². The lowest BCUT2D eigenvalue weighted by Crippen LogP contribution is -2.13. The molecule has 15 rings (SSSR count). The van der Waals surface area contributed by atoms with Crippen molar-refractivity contribution < 1.29 is 0 Å². The zero-order chi connectivity index (χ0) is 51.5. The van der Waals surface area contributed by atoms with Crippen LogP contribution < -0.4 is 9.80 Å². The number of hydrogen-bond donors (Lipinski definition) is 0. The number of anilines is 6. The summed E-state index contributed by atoms with van der Waals surface area (Å²) >= 11 is 0. The molecule has 0 aliphatic carbocycles. The SMILES string of the molecule is c1cc(N(c2ccc(-c3ccc(-n4c5ccccc5c5ccccc54)cc3)cc2)c2cccc3ccccc23)cc(N(c2ccc(-c3ccc(-n4c5ccccc5c5ccccc54)cc3)cc2)c2cccc3ccccc23)c1. The second-order valence-corrected chi connectivity index (χ2v) is 20.1. The fourth-order valence-electron chi connectivity index (χ4n) is 12.0. The van der Waals surface area contributed by atoms with Crippen LogP contribution in [0.15, 0.2) is 303 Å². The molecule has 366 valence electrons. The van der Waals surface area contributed by atoms with Gasteiger partial charge in [-0.3, -0.25) is 0 Å². The van der Waals surface area contributed by atoms with Crippen molar-refractivity contribution in [2.75, 3.05) is 9.80 Å². The third-order valence-electron chi connectivity index (χ3n) is 15.7. The summed E-state index contributed by atoms with van der Waals surface area (Å²) in [5.41, 5.74) is 18.2. The summed E-state index contributed by atoms with van der Waals surface area (Å²) in [6.07, 6.45) is 0. The molecule has 78 heavy (non-hydrogen) atoms. The van der Waals surface area contributed by atoms with Crippen LogP contribution in [0.25, 0.3) is 98.8 Å². The predicted molar refractivity (Wildman–Crippen MR) is 330 cm³/mol. The van der Waals surface area contributed by atoms with Crippen LogP contribution >= 0.6 is 0 Å². The highest BCUT2D eigenvalue weighted by Crippen LogP contribution is 2.45. The Balaban J connectivity index is 0.802. The van der Waals surface area contributed by atoms with Crippen LogP contribution in [0.4, 0.5) is 34.1 Å². The summed E-state index contributed by atoms with van der Waals surface area (Å²) in [4.78, 5) is 4.82. The number of benzene rings is 13. The van der Waals surface area contributed by atoms with Crippen molar-refractivity contribution in [2.24, 2.45) is 0 Å². The normalized spacial score (nSPS) is 11.6. The fraction of sp³-hybridized carbons (Fsp3) is 0. The third-order valence-corrected chi connectivity index (χ3v) is 15.7. The molecule has 0 fully saturated rings. The van der Waals surface area contributed by atoms with Crippen LogP contribution in [-0.2, 0) is 0 Å². The van der Waals surface area contributed by atoms with Crippen molar-refractivity contribution in [2.45, 2.75) is 0 Å². The molecule has 0 aliphatic rings. The number of nitrogens with zero attached hydrogens (tertiary/aromatic N) is 4. The van der Waals surface area contributed by atoms with Gasteiger partial charge in [-0.05, 0) is 136 Å². The van der Waals surface area contributed by atoms with Gasteiger partial charge in [0.2, 0.25) is 0 Å². The van der Waals surface area contributed by atoms with Crippen LogP contribution in [0, 0.1) is 0 Å². The van der Waals surface area contributed by atoms with Crippen molar-refractivity contribution >= 4 is 99.3 Å². The van der Waals surface area contributed by atoms with Gasteiger partial charge in [-0.15, -0.1) is 0 Å². The molecular formula is C74H50N4. The van der Waals surface area contributed by atoms with Crippen molar-refractivity contribution in [3.63, 3.8) is 0 Å². The van der Waals surface area contributed by atoms with E-state index in [4.69, 9.17) is 0 Å². The number of rotatable bonds is 10. The molecule has 2 aromatic heterocycles. The number of hydrogen-bond acceptors (Lipinski definition) is 2. The number of aromatic nitrogens is 2. The van der Waals surface area contributed by atoms with E-state index in [2.05, 4.69) is 322 Å². The van der Waals surface area contributed by atoms with E-state index >= 15 is 0 Å². The van der Waals surface area contributed by atoms with Gasteiger partial charge in [0.05, 0.1) is 33.4 Å². The Morgan fingerprint density at radius 3 is 0.846 bits per heavy atom. The smallest absolute Gasteiger partial charge is 0.0541 e. The standard InChI is InChI=1S/C74H50N4/c1-3-22-63-55(16-1)18-13-32-69(63)75(57-42-34-51(35-43-57)53-38-46-59(47-39-53)77-71-28-9-5-24-65(71)66-25-6-10-29-72(66)77)61-20-15-21-62(50-61)76(70-33-14-19-56-17-2-4-23-64(56)70)58-44-36-52(37-45-58)54-40-48-60(49-41-54)78-73-30-11-7-26-67(73)68-27-8-12-31-74(68)78/h1-50H. The summed E-state index contributed by atoms with van der Waals surface area (Å²) in [7, 11) is 0. The maximum Gasteiger partial charge on any atom is 0.0541 e. The molecule has 0 unspecified atom stereocenters. The van der Waals surface area contributed by atoms with Gasteiger partial charge in [0.25, 0.3) is 0 Å². The minimum absolute atomic E-state index is 1.05. The van der Waals surface area contributed by atoms with Crippen molar-refractivity contribution in [3.05, 3.63) is 303 Å². The molecule has 15 aromatic rings. The Hall–Kier alpha value is -10.4. The van der Waals surface area contributed by atoms with E-state index in [9.17, 15) is 0 Å². The lowest BCUT2D eigenvalue weighted by molar-refractivity contribution is 1.18. The van der Waals surface area contributed by atoms with Crippen molar-refractivity contribution in [3.8, 4) is 33.6 Å². The first-order chi connectivity index (χ1) is 38.7. The number of fused-ring (bicyclic) bond motifs is 8. The van der Waals surface area contributed by atoms with Crippen molar-refractivity contribution in [1.29, 1.82) is 0 Å². The Kier molecular flexibility index (Phi) is 10.8. The summed E-state index contributed by atoms with van der Waals surface area (Å²) in [6.45, 7) is 0. The largest absolute Gasteiger partial charge is 0.310 e. The van der Waals surface area contributed by atoms with Gasteiger partial charge >= 0.3 is 0 Å². The molecule has 0 spiro atoms. The van der Waals surface area contributed by atoms with Gasteiger partial charge in [0.15, 0.2) is 0 Å². The molecule has 4 heteroatoms. The molecule has 0 N–H and O–H groups in total. The van der Waals surface area contributed by atoms with E-state index in [0.29, 0.717) is 0 Å². The molecule has 0 bridgehead atoms. The molecule has 0 amide bonds. The Bertz CT molecular complexity index is 4300. The van der Waals surface area contributed by atoms with E-state index < -0.39 is 0 Å². The van der Waals surface area contributed by atoms with E-state index in [1.807, 2.05) is 0 Å². The zero-order valence-electron chi connectivity index (χ0n) is 42.7. The van der Waals surface area contributed by atoms with Gasteiger partial charge in [-0.1, -0.05) is 200 Å². The number of para-hydroxylation sites is 4. The Morgan fingerprint density at radius 2 is 0.487 bits per heavy atom. The molecule has 0 atom stereocenters. The quantitative estimate of drug-likeness (QED) is 0.136. The second kappa shape index (κ2) is 18.7. The van der Waals surface area contributed by atoms with Crippen LogP contribution in [0.1, 0.15) is 0 Å². The van der Waals surface area contributed by atoms with Crippen LogP contribution in [-0.4, -0.2) is 9.13 Å². The average Bonchev–Trinajstić information content (AvgIpc) is 4.19. The lowest BCUT2D eigenvalue weighted by atomic mass is 10.0. The molecule has 0 radical (unpaired) electrons. The topological polar surface area (TPSA) is 16.3 Å². The molecular weight excluding hydrogens is 945 g/mol. The first-order valence-electron chi connectivity index (χ1n) is 26.7.